The number of aromatic nitrogens is 1. The van der Waals surface area contributed by atoms with Gasteiger partial charge in [0.2, 0.25) is 5.56 Å². The molecule has 0 saturated heterocycles. The van der Waals surface area contributed by atoms with Crippen molar-refractivity contribution < 1.29 is 4.79 Å². The number of benzene rings is 2. The fourth-order valence-electron chi connectivity index (χ4n) is 2.17. The number of hydrogen-bond acceptors (Lipinski definition) is 2. The lowest BCUT2D eigenvalue weighted by Crippen LogP contribution is -2.04. The molecule has 3 aromatic rings. The monoisotopic (exact) mass is 275 g/mol. The van der Waals surface area contributed by atoms with E-state index in [-0.39, 0.29) is 11.3 Å². The van der Waals surface area contributed by atoms with Crippen molar-refractivity contribution in [3.63, 3.8) is 0 Å². The van der Waals surface area contributed by atoms with Gasteiger partial charge in [0.1, 0.15) is 0 Å². The second kappa shape index (κ2) is 5.59. The number of rotatable bonds is 3. The highest BCUT2D eigenvalue weighted by Crippen LogP contribution is 2.17. The molecule has 1 N–H and O–H groups in total. The van der Waals surface area contributed by atoms with Crippen LogP contribution in [0.3, 0.4) is 0 Å². The van der Waals surface area contributed by atoms with Crippen LogP contribution in [-0.4, -0.2) is 10.8 Å². The van der Waals surface area contributed by atoms with Gasteiger partial charge in [0.25, 0.3) is 0 Å². The van der Waals surface area contributed by atoms with E-state index < -0.39 is 0 Å². The molecule has 0 aliphatic rings. The topological polar surface area (TPSA) is 49.9 Å². The molecular formula is C18H13NO2. The Morgan fingerprint density at radius 3 is 2.05 bits per heavy atom. The molecule has 0 saturated carbocycles. The predicted octanol–water partition coefficient (Wildman–Crippen LogP) is 3.27. The van der Waals surface area contributed by atoms with Crippen molar-refractivity contribution in [1.29, 1.82) is 0 Å². The summed E-state index contributed by atoms with van der Waals surface area (Å²) >= 11 is 0. The van der Waals surface area contributed by atoms with Crippen LogP contribution in [0.1, 0.15) is 15.9 Å². The maximum absolute atomic E-state index is 12.3. The van der Waals surface area contributed by atoms with E-state index in [1.165, 1.54) is 6.07 Å². The van der Waals surface area contributed by atoms with Gasteiger partial charge in [-0.3, -0.25) is 9.59 Å². The summed E-state index contributed by atoms with van der Waals surface area (Å²) in [5.74, 6) is -0.0105. The summed E-state index contributed by atoms with van der Waals surface area (Å²) in [4.78, 5) is 26.4. The van der Waals surface area contributed by atoms with Gasteiger partial charge in [-0.25, -0.2) is 0 Å². The van der Waals surface area contributed by atoms with Crippen molar-refractivity contribution in [2.75, 3.05) is 0 Å². The third-order valence-corrected chi connectivity index (χ3v) is 3.26. The van der Waals surface area contributed by atoms with E-state index in [0.29, 0.717) is 11.1 Å². The zero-order valence-electron chi connectivity index (χ0n) is 11.2. The molecule has 0 aliphatic heterocycles. The van der Waals surface area contributed by atoms with E-state index in [0.717, 1.165) is 11.3 Å². The number of ketones is 1. The highest BCUT2D eigenvalue weighted by Gasteiger charge is 2.08. The Balaban J connectivity index is 1.91. The maximum atomic E-state index is 12.3. The van der Waals surface area contributed by atoms with Crippen LogP contribution in [0.2, 0.25) is 0 Å². The van der Waals surface area contributed by atoms with Crippen LogP contribution in [0.25, 0.3) is 11.3 Å². The van der Waals surface area contributed by atoms with Crippen LogP contribution in [-0.2, 0) is 0 Å². The first kappa shape index (κ1) is 13.1. The molecule has 0 bridgehead atoms. The summed E-state index contributed by atoms with van der Waals surface area (Å²) in [5.41, 5.74) is 2.76. The smallest absolute Gasteiger partial charge is 0.248 e. The first-order valence-corrected chi connectivity index (χ1v) is 6.63. The third-order valence-electron chi connectivity index (χ3n) is 3.26. The van der Waals surface area contributed by atoms with Crippen molar-refractivity contribution in [2.24, 2.45) is 0 Å². The van der Waals surface area contributed by atoms with Crippen molar-refractivity contribution in [3.8, 4) is 11.3 Å². The number of H-pyrrole nitrogens is 1. The fraction of sp³-hybridized carbons (Fsp3) is 0. The summed E-state index contributed by atoms with van der Waals surface area (Å²) in [5, 5.41) is 0. The molecule has 3 heteroatoms. The van der Waals surface area contributed by atoms with Crippen LogP contribution in [0, 0.1) is 0 Å². The lowest BCUT2D eigenvalue weighted by molar-refractivity contribution is 0.103. The Kier molecular flexibility index (Phi) is 3.48. The summed E-state index contributed by atoms with van der Waals surface area (Å²) in [6.07, 6.45) is 0. The van der Waals surface area contributed by atoms with Gasteiger partial charge in [0.05, 0.1) is 0 Å². The number of carbonyl (C=O) groups excluding carboxylic acids is 1. The average Bonchev–Trinajstić information content (AvgIpc) is 2.55. The van der Waals surface area contributed by atoms with Crippen molar-refractivity contribution in [2.45, 2.75) is 0 Å². The number of hydrogen-bond donors (Lipinski definition) is 1. The molecule has 102 valence electrons. The zero-order valence-corrected chi connectivity index (χ0v) is 11.2. The summed E-state index contributed by atoms with van der Waals surface area (Å²) in [7, 11) is 0. The summed E-state index contributed by atoms with van der Waals surface area (Å²) in [6, 6.07) is 21.4. The quantitative estimate of drug-likeness (QED) is 0.746. The Bertz CT molecular complexity index is 818. The van der Waals surface area contributed by atoms with E-state index in [9.17, 15) is 9.59 Å². The molecular weight excluding hydrogens is 262 g/mol. The van der Waals surface area contributed by atoms with Crippen LogP contribution in [0.4, 0.5) is 0 Å². The van der Waals surface area contributed by atoms with Gasteiger partial charge in [0.15, 0.2) is 5.78 Å². The van der Waals surface area contributed by atoms with Crippen LogP contribution in [0.15, 0.2) is 77.6 Å². The van der Waals surface area contributed by atoms with Gasteiger partial charge >= 0.3 is 0 Å². The molecule has 0 amide bonds. The molecule has 0 aliphatic carbocycles. The molecule has 3 nitrogen and oxygen atoms in total. The fourth-order valence-corrected chi connectivity index (χ4v) is 2.17. The number of pyridine rings is 1. The van der Waals surface area contributed by atoms with Gasteiger partial charge in [0, 0.05) is 22.9 Å². The number of aromatic amines is 1. The number of carbonyl (C=O) groups is 1. The van der Waals surface area contributed by atoms with E-state index in [1.807, 2.05) is 36.4 Å². The molecule has 0 fully saturated rings. The van der Waals surface area contributed by atoms with Crippen LogP contribution >= 0.6 is 0 Å². The Hall–Kier alpha value is -2.94. The summed E-state index contributed by atoms with van der Waals surface area (Å²) < 4.78 is 0. The van der Waals surface area contributed by atoms with Gasteiger partial charge in [-0.2, -0.15) is 0 Å². The van der Waals surface area contributed by atoms with E-state index in [4.69, 9.17) is 0 Å². The second-order valence-corrected chi connectivity index (χ2v) is 4.70. The maximum Gasteiger partial charge on any atom is 0.248 e. The molecule has 21 heavy (non-hydrogen) atoms. The molecule has 1 aromatic heterocycles. The number of nitrogens with one attached hydrogen (secondary N) is 1. The van der Waals surface area contributed by atoms with Gasteiger partial charge in [-0.1, -0.05) is 60.7 Å². The van der Waals surface area contributed by atoms with Crippen molar-refractivity contribution in [3.05, 3.63) is 94.3 Å². The zero-order chi connectivity index (χ0) is 14.7. The first-order valence-electron chi connectivity index (χ1n) is 6.63. The average molecular weight is 275 g/mol. The molecule has 3 rings (SSSR count). The second-order valence-electron chi connectivity index (χ2n) is 4.70. The van der Waals surface area contributed by atoms with Gasteiger partial charge in [-0.05, 0) is 11.6 Å². The lowest BCUT2D eigenvalue weighted by Gasteiger charge is -2.04. The minimum absolute atomic E-state index is 0.0105. The van der Waals surface area contributed by atoms with Crippen molar-refractivity contribution in [1.82, 2.24) is 4.98 Å². The molecule has 0 radical (unpaired) electrons. The Morgan fingerprint density at radius 2 is 1.38 bits per heavy atom. The Labute approximate surface area is 121 Å². The largest absolute Gasteiger partial charge is 0.322 e. The molecule has 1 heterocycles. The van der Waals surface area contributed by atoms with Gasteiger partial charge < -0.3 is 4.98 Å². The lowest BCUT2D eigenvalue weighted by atomic mass is 10.0. The standard InChI is InChI=1S/C18H13NO2/c20-17-8-4-7-16(19-17)13-9-11-15(12-10-13)18(21)14-5-2-1-3-6-14/h1-12H,(H,19,20). The molecule has 0 atom stereocenters. The third kappa shape index (κ3) is 2.82. The first-order chi connectivity index (χ1) is 10.2. The van der Waals surface area contributed by atoms with Gasteiger partial charge in [-0.15, -0.1) is 0 Å². The normalized spacial score (nSPS) is 10.3. The highest BCUT2D eigenvalue weighted by atomic mass is 16.1. The van der Waals surface area contributed by atoms with E-state index >= 15 is 0 Å². The van der Waals surface area contributed by atoms with Crippen LogP contribution < -0.4 is 5.56 Å². The summed E-state index contributed by atoms with van der Waals surface area (Å²) in [6.45, 7) is 0. The highest BCUT2D eigenvalue weighted by molar-refractivity contribution is 6.09. The molecule has 0 spiro atoms. The van der Waals surface area contributed by atoms with E-state index in [1.54, 1.807) is 30.3 Å². The van der Waals surface area contributed by atoms with Crippen LogP contribution in [0.5, 0.6) is 0 Å². The predicted molar refractivity (Wildman–Crippen MR) is 82.4 cm³/mol. The molecule has 2 aromatic carbocycles. The van der Waals surface area contributed by atoms with E-state index in [2.05, 4.69) is 4.98 Å². The SMILES string of the molecule is O=C(c1ccccc1)c1ccc(-c2cccc(=O)[nH]2)cc1. The van der Waals surface area contributed by atoms with Crippen molar-refractivity contribution >= 4 is 5.78 Å². The molecule has 0 unspecified atom stereocenters. The minimum atomic E-state index is -0.142. The minimum Gasteiger partial charge on any atom is -0.322 e. The Morgan fingerprint density at radius 1 is 0.714 bits per heavy atom.